The van der Waals surface area contributed by atoms with Crippen LogP contribution < -0.4 is 5.73 Å². The Kier molecular flexibility index (Phi) is 6.64. The fourth-order valence-electron chi connectivity index (χ4n) is 3.20. The van der Waals surface area contributed by atoms with Crippen molar-refractivity contribution in [1.82, 2.24) is 4.90 Å². The van der Waals surface area contributed by atoms with E-state index in [4.69, 9.17) is 5.73 Å². The SMILES string of the molecule is NCc1ccc(C(O)CN(CCO)C2CCCCC2)cc1. The van der Waals surface area contributed by atoms with Crippen LogP contribution in [0.15, 0.2) is 24.3 Å². The standard InChI is InChI=1S/C17H28N2O2/c18-12-14-6-8-15(9-7-14)17(21)13-19(10-11-20)16-4-2-1-3-5-16/h6-9,16-17,20-21H,1-5,10-13,18H2. The summed E-state index contributed by atoms with van der Waals surface area (Å²) in [6.07, 6.45) is 5.68. The van der Waals surface area contributed by atoms with Crippen LogP contribution in [0.2, 0.25) is 0 Å². The summed E-state index contributed by atoms with van der Waals surface area (Å²) in [6.45, 7) is 1.90. The lowest BCUT2D eigenvalue weighted by Crippen LogP contribution is -2.41. The minimum absolute atomic E-state index is 0.148. The maximum absolute atomic E-state index is 10.5. The zero-order valence-corrected chi connectivity index (χ0v) is 12.7. The van der Waals surface area contributed by atoms with Crippen molar-refractivity contribution in [3.8, 4) is 0 Å². The van der Waals surface area contributed by atoms with Gasteiger partial charge in [0.25, 0.3) is 0 Å². The summed E-state index contributed by atoms with van der Waals surface area (Å²) in [6, 6.07) is 8.34. The Morgan fingerprint density at radius 1 is 1.14 bits per heavy atom. The summed E-state index contributed by atoms with van der Waals surface area (Å²) in [5, 5.41) is 19.7. The van der Waals surface area contributed by atoms with Gasteiger partial charge in [-0.25, -0.2) is 0 Å². The third kappa shape index (κ3) is 4.78. The second-order valence-electron chi connectivity index (χ2n) is 5.97. The summed E-state index contributed by atoms with van der Waals surface area (Å²) in [5.74, 6) is 0. The topological polar surface area (TPSA) is 69.7 Å². The van der Waals surface area contributed by atoms with Crippen molar-refractivity contribution in [1.29, 1.82) is 0 Å². The molecule has 4 N–H and O–H groups in total. The van der Waals surface area contributed by atoms with Crippen molar-refractivity contribution >= 4 is 0 Å². The van der Waals surface area contributed by atoms with E-state index in [2.05, 4.69) is 4.90 Å². The first-order valence-corrected chi connectivity index (χ1v) is 8.06. The molecule has 0 spiro atoms. The molecule has 1 saturated carbocycles. The van der Waals surface area contributed by atoms with E-state index in [-0.39, 0.29) is 6.61 Å². The highest BCUT2D eigenvalue weighted by atomic mass is 16.3. The van der Waals surface area contributed by atoms with Gasteiger partial charge in [-0.2, -0.15) is 0 Å². The minimum Gasteiger partial charge on any atom is -0.395 e. The Bertz CT molecular complexity index is 402. The number of nitrogens with zero attached hydrogens (tertiary/aromatic N) is 1. The van der Waals surface area contributed by atoms with Crippen LogP contribution in [-0.2, 0) is 6.54 Å². The first kappa shape index (κ1) is 16.4. The Morgan fingerprint density at radius 2 is 1.81 bits per heavy atom. The summed E-state index contributed by atoms with van der Waals surface area (Å²) < 4.78 is 0. The van der Waals surface area contributed by atoms with Crippen molar-refractivity contribution < 1.29 is 10.2 Å². The van der Waals surface area contributed by atoms with Gasteiger partial charge in [0.1, 0.15) is 0 Å². The molecule has 0 amide bonds. The molecule has 0 heterocycles. The highest BCUT2D eigenvalue weighted by Gasteiger charge is 2.23. The Hall–Kier alpha value is -0.940. The molecule has 1 unspecified atom stereocenters. The molecule has 4 nitrogen and oxygen atoms in total. The fourth-order valence-corrected chi connectivity index (χ4v) is 3.20. The van der Waals surface area contributed by atoms with Gasteiger partial charge >= 0.3 is 0 Å². The molecule has 0 bridgehead atoms. The largest absolute Gasteiger partial charge is 0.395 e. The van der Waals surface area contributed by atoms with Crippen molar-refractivity contribution in [2.45, 2.75) is 50.8 Å². The van der Waals surface area contributed by atoms with E-state index in [1.807, 2.05) is 24.3 Å². The Morgan fingerprint density at radius 3 is 2.38 bits per heavy atom. The van der Waals surface area contributed by atoms with E-state index >= 15 is 0 Å². The van der Waals surface area contributed by atoms with Gasteiger partial charge < -0.3 is 15.9 Å². The second kappa shape index (κ2) is 8.49. The summed E-state index contributed by atoms with van der Waals surface area (Å²) in [5.41, 5.74) is 7.59. The molecule has 1 aromatic rings. The quantitative estimate of drug-likeness (QED) is 0.717. The van der Waals surface area contributed by atoms with Crippen molar-refractivity contribution in [2.75, 3.05) is 19.7 Å². The summed E-state index contributed by atoms with van der Waals surface area (Å²) >= 11 is 0. The molecule has 0 saturated heterocycles. The van der Waals surface area contributed by atoms with Crippen molar-refractivity contribution in [3.63, 3.8) is 0 Å². The second-order valence-corrected chi connectivity index (χ2v) is 5.97. The molecular formula is C17H28N2O2. The van der Waals surface area contributed by atoms with Crippen LogP contribution in [0.5, 0.6) is 0 Å². The lowest BCUT2D eigenvalue weighted by atomic mass is 9.93. The monoisotopic (exact) mass is 292 g/mol. The molecule has 118 valence electrons. The number of aliphatic hydroxyl groups excluding tert-OH is 2. The number of aliphatic hydroxyl groups is 2. The zero-order valence-electron chi connectivity index (χ0n) is 12.7. The number of rotatable bonds is 7. The molecule has 1 fully saturated rings. The lowest BCUT2D eigenvalue weighted by Gasteiger charge is -2.35. The molecule has 1 aliphatic carbocycles. The maximum atomic E-state index is 10.5. The zero-order chi connectivity index (χ0) is 15.1. The first-order chi connectivity index (χ1) is 10.2. The molecular weight excluding hydrogens is 264 g/mol. The first-order valence-electron chi connectivity index (χ1n) is 8.06. The summed E-state index contributed by atoms with van der Waals surface area (Å²) in [4.78, 5) is 2.25. The van der Waals surface area contributed by atoms with Crippen LogP contribution in [0.3, 0.4) is 0 Å². The van der Waals surface area contributed by atoms with Gasteiger partial charge in [0.15, 0.2) is 0 Å². The van der Waals surface area contributed by atoms with E-state index in [0.29, 0.717) is 25.7 Å². The molecule has 1 atom stereocenters. The third-order valence-electron chi connectivity index (χ3n) is 4.49. The van der Waals surface area contributed by atoms with Crippen LogP contribution in [0, 0.1) is 0 Å². The predicted molar refractivity (Wildman–Crippen MR) is 84.8 cm³/mol. The highest BCUT2D eigenvalue weighted by molar-refractivity contribution is 5.24. The average molecular weight is 292 g/mol. The van der Waals surface area contributed by atoms with Gasteiger partial charge in [0.2, 0.25) is 0 Å². The smallest absolute Gasteiger partial charge is 0.0917 e. The molecule has 0 aliphatic heterocycles. The van der Waals surface area contributed by atoms with E-state index < -0.39 is 6.10 Å². The van der Waals surface area contributed by atoms with E-state index in [9.17, 15) is 10.2 Å². The molecule has 1 aliphatic rings. The van der Waals surface area contributed by atoms with Gasteiger partial charge in [-0.1, -0.05) is 43.5 Å². The molecule has 0 radical (unpaired) electrons. The van der Waals surface area contributed by atoms with Gasteiger partial charge in [-0.3, -0.25) is 4.90 Å². The maximum Gasteiger partial charge on any atom is 0.0917 e. The average Bonchev–Trinajstić information content (AvgIpc) is 2.55. The predicted octanol–water partition coefficient (Wildman–Crippen LogP) is 1.81. The van der Waals surface area contributed by atoms with Crippen LogP contribution in [0.25, 0.3) is 0 Å². The molecule has 2 rings (SSSR count). The van der Waals surface area contributed by atoms with Crippen molar-refractivity contribution in [2.24, 2.45) is 5.73 Å². The van der Waals surface area contributed by atoms with Gasteiger partial charge in [-0.15, -0.1) is 0 Å². The molecule has 21 heavy (non-hydrogen) atoms. The van der Waals surface area contributed by atoms with Crippen molar-refractivity contribution in [3.05, 3.63) is 35.4 Å². The van der Waals surface area contributed by atoms with E-state index in [1.54, 1.807) is 0 Å². The summed E-state index contributed by atoms with van der Waals surface area (Å²) in [7, 11) is 0. The fraction of sp³-hybridized carbons (Fsp3) is 0.647. The van der Waals surface area contributed by atoms with Crippen LogP contribution in [0.1, 0.15) is 49.3 Å². The Labute approximate surface area is 127 Å². The van der Waals surface area contributed by atoms with Crippen LogP contribution in [0.4, 0.5) is 0 Å². The molecule has 4 heteroatoms. The van der Waals surface area contributed by atoms with E-state index in [1.165, 1.54) is 32.1 Å². The van der Waals surface area contributed by atoms with Crippen LogP contribution >= 0.6 is 0 Å². The molecule has 1 aromatic carbocycles. The van der Waals surface area contributed by atoms with E-state index in [0.717, 1.165) is 11.1 Å². The Balaban J connectivity index is 1.97. The normalized spacial score (nSPS) is 18.1. The number of hydrogen-bond acceptors (Lipinski definition) is 4. The highest BCUT2D eigenvalue weighted by Crippen LogP contribution is 2.24. The van der Waals surface area contributed by atoms with Gasteiger partial charge in [0.05, 0.1) is 12.7 Å². The van der Waals surface area contributed by atoms with Crippen LogP contribution in [-0.4, -0.2) is 40.9 Å². The minimum atomic E-state index is -0.509. The van der Waals surface area contributed by atoms with Gasteiger partial charge in [-0.05, 0) is 24.0 Å². The number of nitrogens with two attached hydrogens (primary N) is 1. The third-order valence-corrected chi connectivity index (χ3v) is 4.49. The van der Waals surface area contributed by atoms with Gasteiger partial charge in [0, 0.05) is 25.7 Å². The molecule has 0 aromatic heterocycles. The number of benzene rings is 1. The number of hydrogen-bond donors (Lipinski definition) is 3. The lowest BCUT2D eigenvalue weighted by molar-refractivity contribution is 0.0600.